The molecule has 1 N–H and O–H groups in total. The van der Waals surface area contributed by atoms with Crippen molar-refractivity contribution in [2.45, 2.75) is 13.3 Å². The summed E-state index contributed by atoms with van der Waals surface area (Å²) in [6.45, 7) is 1.81. The van der Waals surface area contributed by atoms with Gasteiger partial charge in [0.1, 0.15) is 0 Å². The SMILES string of the molecule is CCOC(=O)COc1c(I)cc(/C=N\NC(=O)Cc2ccc(Br)cc2)cc1OC. The van der Waals surface area contributed by atoms with Crippen molar-refractivity contribution in [3.8, 4) is 11.5 Å². The third kappa shape index (κ3) is 7.65. The molecule has 0 bridgehead atoms. The number of hydrogen-bond donors (Lipinski definition) is 1. The number of halogens is 2. The number of carbonyl (C=O) groups excluding carboxylic acids is 2. The van der Waals surface area contributed by atoms with Gasteiger partial charge in [-0.2, -0.15) is 5.10 Å². The van der Waals surface area contributed by atoms with Gasteiger partial charge in [0.2, 0.25) is 5.91 Å². The summed E-state index contributed by atoms with van der Waals surface area (Å²) in [6.07, 6.45) is 1.74. The van der Waals surface area contributed by atoms with Crippen LogP contribution in [0.5, 0.6) is 11.5 Å². The molecular formula is C20H20BrIN2O5. The fourth-order valence-corrected chi connectivity index (χ4v) is 3.34. The van der Waals surface area contributed by atoms with E-state index in [0.29, 0.717) is 23.7 Å². The molecule has 2 rings (SSSR count). The third-order valence-corrected chi connectivity index (χ3v) is 4.90. The molecule has 0 aliphatic rings. The number of methoxy groups -OCH3 is 1. The molecule has 7 nitrogen and oxygen atoms in total. The van der Waals surface area contributed by atoms with Gasteiger partial charge < -0.3 is 14.2 Å². The molecule has 154 valence electrons. The van der Waals surface area contributed by atoms with Crippen LogP contribution in [0.1, 0.15) is 18.1 Å². The number of rotatable bonds is 9. The molecule has 0 fully saturated rings. The molecular weight excluding hydrogens is 555 g/mol. The first kappa shape index (κ1) is 23.1. The number of amides is 1. The summed E-state index contributed by atoms with van der Waals surface area (Å²) < 4.78 is 17.4. The Morgan fingerprint density at radius 3 is 2.62 bits per heavy atom. The van der Waals surface area contributed by atoms with E-state index in [-0.39, 0.29) is 18.9 Å². The molecule has 0 aliphatic carbocycles. The van der Waals surface area contributed by atoms with Crippen LogP contribution in [-0.2, 0) is 20.7 Å². The van der Waals surface area contributed by atoms with Gasteiger partial charge in [-0.1, -0.05) is 28.1 Å². The minimum Gasteiger partial charge on any atom is -0.493 e. The quantitative estimate of drug-likeness (QED) is 0.214. The first-order chi connectivity index (χ1) is 13.9. The van der Waals surface area contributed by atoms with E-state index in [4.69, 9.17) is 14.2 Å². The van der Waals surface area contributed by atoms with Crippen LogP contribution in [0.15, 0.2) is 46.0 Å². The topological polar surface area (TPSA) is 86.2 Å². The molecule has 0 aromatic heterocycles. The van der Waals surface area contributed by atoms with Gasteiger partial charge in [-0.15, -0.1) is 0 Å². The predicted octanol–water partition coefficient (Wildman–Crippen LogP) is 3.70. The Labute approximate surface area is 191 Å². The highest BCUT2D eigenvalue weighted by atomic mass is 127. The Kier molecular flexibility index (Phi) is 9.39. The monoisotopic (exact) mass is 574 g/mol. The van der Waals surface area contributed by atoms with Crippen LogP contribution in [0.4, 0.5) is 0 Å². The number of benzene rings is 2. The van der Waals surface area contributed by atoms with Gasteiger partial charge in [0, 0.05) is 4.47 Å². The zero-order chi connectivity index (χ0) is 21.2. The molecule has 0 aliphatic heterocycles. The highest BCUT2D eigenvalue weighted by Gasteiger charge is 2.13. The largest absolute Gasteiger partial charge is 0.493 e. The van der Waals surface area contributed by atoms with Crippen molar-refractivity contribution in [3.63, 3.8) is 0 Å². The fourth-order valence-electron chi connectivity index (χ4n) is 2.29. The van der Waals surface area contributed by atoms with Crippen molar-refractivity contribution in [1.82, 2.24) is 5.43 Å². The van der Waals surface area contributed by atoms with Gasteiger partial charge in [-0.05, 0) is 64.9 Å². The van der Waals surface area contributed by atoms with Gasteiger partial charge in [-0.3, -0.25) is 4.79 Å². The van der Waals surface area contributed by atoms with E-state index < -0.39 is 5.97 Å². The zero-order valence-electron chi connectivity index (χ0n) is 15.9. The Morgan fingerprint density at radius 1 is 1.24 bits per heavy atom. The first-order valence-electron chi connectivity index (χ1n) is 8.65. The van der Waals surface area contributed by atoms with Crippen LogP contribution in [0.25, 0.3) is 0 Å². The lowest BCUT2D eigenvalue weighted by atomic mass is 10.1. The highest BCUT2D eigenvalue weighted by Crippen LogP contribution is 2.33. The summed E-state index contributed by atoms with van der Waals surface area (Å²) in [6, 6.07) is 11.0. The zero-order valence-corrected chi connectivity index (χ0v) is 19.7. The summed E-state index contributed by atoms with van der Waals surface area (Å²) in [4.78, 5) is 23.5. The van der Waals surface area contributed by atoms with Crippen LogP contribution >= 0.6 is 38.5 Å². The standard InChI is InChI=1S/C20H20BrIN2O5/c1-3-28-19(26)12-29-20-16(22)8-14(9-17(20)27-2)11-23-24-18(25)10-13-4-6-15(21)7-5-13/h4-9,11H,3,10,12H2,1-2H3,(H,24,25)/b23-11-. The van der Waals surface area contributed by atoms with E-state index in [9.17, 15) is 9.59 Å². The summed E-state index contributed by atoms with van der Waals surface area (Å²) in [5, 5.41) is 3.99. The van der Waals surface area contributed by atoms with Gasteiger partial charge in [-0.25, -0.2) is 10.2 Å². The van der Waals surface area contributed by atoms with Crippen molar-refractivity contribution in [2.24, 2.45) is 5.10 Å². The Hall–Kier alpha value is -2.14. The van der Waals surface area contributed by atoms with Crippen molar-refractivity contribution in [3.05, 3.63) is 55.6 Å². The van der Waals surface area contributed by atoms with Crippen molar-refractivity contribution in [2.75, 3.05) is 20.3 Å². The molecule has 29 heavy (non-hydrogen) atoms. The van der Waals surface area contributed by atoms with Gasteiger partial charge >= 0.3 is 5.97 Å². The molecule has 0 spiro atoms. The van der Waals surface area contributed by atoms with E-state index in [2.05, 4.69) is 49.0 Å². The lowest BCUT2D eigenvalue weighted by molar-refractivity contribution is -0.145. The number of esters is 1. The average molecular weight is 575 g/mol. The summed E-state index contributed by atoms with van der Waals surface area (Å²) in [7, 11) is 1.50. The van der Waals surface area contributed by atoms with E-state index in [0.717, 1.165) is 13.6 Å². The second-order valence-corrected chi connectivity index (χ2v) is 7.80. The van der Waals surface area contributed by atoms with Crippen LogP contribution < -0.4 is 14.9 Å². The number of nitrogens with zero attached hydrogens (tertiary/aromatic N) is 1. The molecule has 0 unspecified atom stereocenters. The molecule has 0 atom stereocenters. The van der Waals surface area contributed by atoms with Crippen LogP contribution in [-0.4, -0.2) is 38.4 Å². The molecule has 2 aromatic rings. The number of carbonyl (C=O) groups is 2. The molecule has 0 saturated heterocycles. The average Bonchev–Trinajstić information content (AvgIpc) is 2.68. The van der Waals surface area contributed by atoms with Crippen molar-refractivity contribution >= 4 is 56.6 Å². The van der Waals surface area contributed by atoms with Gasteiger partial charge in [0.05, 0.1) is 29.9 Å². The fraction of sp³-hybridized carbons (Fsp3) is 0.250. The molecule has 9 heteroatoms. The van der Waals surface area contributed by atoms with Gasteiger partial charge in [0.15, 0.2) is 18.1 Å². The summed E-state index contributed by atoms with van der Waals surface area (Å²) in [5.74, 6) is 0.213. The maximum absolute atomic E-state index is 12.0. The predicted molar refractivity (Wildman–Crippen MR) is 121 cm³/mol. The smallest absolute Gasteiger partial charge is 0.344 e. The molecule has 1 amide bonds. The second kappa shape index (κ2) is 11.8. The first-order valence-corrected chi connectivity index (χ1v) is 10.5. The van der Waals surface area contributed by atoms with E-state index in [1.165, 1.54) is 13.3 Å². The molecule has 0 saturated carbocycles. The number of hydrogen-bond acceptors (Lipinski definition) is 6. The van der Waals surface area contributed by atoms with Crippen LogP contribution in [0, 0.1) is 3.57 Å². The Bertz CT molecular complexity index is 887. The Morgan fingerprint density at radius 2 is 1.97 bits per heavy atom. The molecule has 0 heterocycles. The van der Waals surface area contributed by atoms with Crippen molar-refractivity contribution in [1.29, 1.82) is 0 Å². The number of nitrogens with one attached hydrogen (secondary N) is 1. The third-order valence-electron chi connectivity index (χ3n) is 3.57. The highest BCUT2D eigenvalue weighted by molar-refractivity contribution is 14.1. The van der Waals surface area contributed by atoms with Crippen LogP contribution in [0.3, 0.4) is 0 Å². The number of ether oxygens (including phenoxy) is 3. The second-order valence-electron chi connectivity index (χ2n) is 5.72. The minimum absolute atomic E-state index is 0.209. The number of hydrazone groups is 1. The van der Waals surface area contributed by atoms with Crippen molar-refractivity contribution < 1.29 is 23.8 Å². The maximum atomic E-state index is 12.0. The minimum atomic E-state index is -0.454. The summed E-state index contributed by atoms with van der Waals surface area (Å²) >= 11 is 5.43. The molecule has 0 radical (unpaired) electrons. The maximum Gasteiger partial charge on any atom is 0.344 e. The van der Waals surface area contributed by atoms with E-state index >= 15 is 0 Å². The van der Waals surface area contributed by atoms with E-state index in [1.807, 2.05) is 24.3 Å². The van der Waals surface area contributed by atoms with Crippen LogP contribution in [0.2, 0.25) is 0 Å². The lowest BCUT2D eigenvalue weighted by Crippen LogP contribution is -2.19. The normalized spacial score (nSPS) is 10.6. The lowest BCUT2D eigenvalue weighted by Gasteiger charge is -2.13. The Balaban J connectivity index is 1.99. The van der Waals surface area contributed by atoms with E-state index in [1.54, 1.807) is 19.1 Å². The van der Waals surface area contributed by atoms with Gasteiger partial charge in [0.25, 0.3) is 0 Å². The summed E-state index contributed by atoms with van der Waals surface area (Å²) in [5.41, 5.74) is 4.10. The molecule has 2 aromatic carbocycles.